The molecule has 3 nitrogen and oxygen atoms in total. The predicted octanol–water partition coefficient (Wildman–Crippen LogP) is 3.96. The van der Waals surface area contributed by atoms with E-state index in [9.17, 15) is 0 Å². The third-order valence-corrected chi connectivity index (χ3v) is 4.30. The lowest BCUT2D eigenvalue weighted by molar-refractivity contribution is 0.485. The summed E-state index contributed by atoms with van der Waals surface area (Å²) in [6.07, 6.45) is 2.42. The molecule has 0 unspecified atom stereocenters. The molecule has 3 heteroatoms. The molecule has 2 N–H and O–H groups in total. The van der Waals surface area contributed by atoms with E-state index in [1.165, 1.54) is 23.6 Å². The molecule has 0 aliphatic rings. The van der Waals surface area contributed by atoms with Gasteiger partial charge in [0.25, 0.3) is 0 Å². The Morgan fingerprint density at radius 3 is 2.48 bits per heavy atom. The van der Waals surface area contributed by atoms with Crippen LogP contribution >= 0.6 is 0 Å². The van der Waals surface area contributed by atoms with Crippen LogP contribution in [0.2, 0.25) is 0 Å². The van der Waals surface area contributed by atoms with Crippen LogP contribution in [0.5, 0.6) is 0 Å². The molecule has 1 aromatic heterocycles. The van der Waals surface area contributed by atoms with Gasteiger partial charge in [0, 0.05) is 25.0 Å². The second kappa shape index (κ2) is 7.41. The molecule has 0 spiro atoms. The van der Waals surface area contributed by atoms with E-state index in [0.717, 1.165) is 24.6 Å². The Morgan fingerprint density at radius 1 is 1.14 bits per heavy atom. The van der Waals surface area contributed by atoms with Crippen molar-refractivity contribution >= 4 is 16.6 Å². The lowest BCUT2D eigenvalue weighted by Crippen LogP contribution is -2.30. The minimum atomic E-state index is 0.486. The molecule has 1 aromatic carbocycles. The van der Waals surface area contributed by atoms with Crippen LogP contribution in [0.4, 0.5) is 5.82 Å². The smallest absolute Gasteiger partial charge is 0.136 e. The molecule has 0 aliphatic carbocycles. The minimum absolute atomic E-state index is 0.486. The van der Waals surface area contributed by atoms with Crippen molar-refractivity contribution in [2.75, 3.05) is 18.0 Å². The van der Waals surface area contributed by atoms with E-state index in [1.807, 2.05) is 0 Å². The van der Waals surface area contributed by atoms with Gasteiger partial charge in [-0.3, -0.25) is 0 Å². The molecule has 2 rings (SSSR count). The highest BCUT2D eigenvalue weighted by atomic mass is 15.2. The van der Waals surface area contributed by atoms with Gasteiger partial charge < -0.3 is 10.6 Å². The molecule has 0 fully saturated rings. The second-order valence-corrected chi connectivity index (χ2v) is 5.58. The van der Waals surface area contributed by atoms with Crippen LogP contribution < -0.4 is 10.6 Å². The maximum absolute atomic E-state index is 5.82. The Morgan fingerprint density at radius 2 is 1.86 bits per heavy atom. The Kier molecular flexibility index (Phi) is 5.57. The minimum Gasteiger partial charge on any atom is -0.356 e. The number of hydrogen-bond acceptors (Lipinski definition) is 3. The van der Waals surface area contributed by atoms with Gasteiger partial charge in [0.05, 0.1) is 5.69 Å². The highest BCUT2D eigenvalue weighted by Gasteiger charge is 2.15. The highest BCUT2D eigenvalue weighted by Crippen LogP contribution is 2.27. The maximum atomic E-state index is 5.82. The number of hydrogen-bond donors (Lipinski definition) is 1. The van der Waals surface area contributed by atoms with Crippen LogP contribution in [0.1, 0.15) is 39.3 Å². The fourth-order valence-electron chi connectivity index (χ4n) is 2.80. The van der Waals surface area contributed by atoms with Crippen LogP contribution in [-0.2, 0) is 6.54 Å². The number of anilines is 1. The number of pyridine rings is 1. The number of nitrogens with two attached hydrogens (primary N) is 1. The highest BCUT2D eigenvalue weighted by molar-refractivity contribution is 5.92. The largest absolute Gasteiger partial charge is 0.356 e. The number of nitrogens with zero attached hydrogens (tertiary/aromatic N) is 2. The van der Waals surface area contributed by atoms with Crippen molar-refractivity contribution in [1.82, 2.24) is 4.98 Å². The molecule has 2 aromatic rings. The summed E-state index contributed by atoms with van der Waals surface area (Å²) in [7, 11) is 0. The zero-order valence-electron chi connectivity index (χ0n) is 13.5. The fourth-order valence-corrected chi connectivity index (χ4v) is 2.80. The van der Waals surface area contributed by atoms with Gasteiger partial charge in [-0.2, -0.15) is 0 Å². The molecule has 0 saturated heterocycles. The topological polar surface area (TPSA) is 42.2 Å². The normalized spacial score (nSPS) is 11.3. The number of fused-ring (bicyclic) bond motifs is 1. The van der Waals surface area contributed by atoms with E-state index in [2.05, 4.69) is 56.0 Å². The Bertz CT molecular complexity index is 576. The summed E-state index contributed by atoms with van der Waals surface area (Å²) in [6, 6.07) is 10.6. The first-order valence-corrected chi connectivity index (χ1v) is 8.07. The standard InChI is InChI=1S/C18H27N3/c1-4-14(5-2)13-21(6-3)18-17-10-8-7-9-15(17)11-16(12-19)20-18/h7-11,14H,4-6,12-13,19H2,1-3H3. The maximum Gasteiger partial charge on any atom is 0.136 e. The second-order valence-electron chi connectivity index (χ2n) is 5.58. The van der Waals surface area contributed by atoms with Crippen molar-refractivity contribution in [3.63, 3.8) is 0 Å². The molecule has 0 atom stereocenters. The van der Waals surface area contributed by atoms with Gasteiger partial charge >= 0.3 is 0 Å². The zero-order chi connectivity index (χ0) is 15.2. The van der Waals surface area contributed by atoms with Gasteiger partial charge in [0.15, 0.2) is 0 Å². The van der Waals surface area contributed by atoms with Crippen LogP contribution in [0.3, 0.4) is 0 Å². The van der Waals surface area contributed by atoms with E-state index in [1.54, 1.807) is 0 Å². The summed E-state index contributed by atoms with van der Waals surface area (Å²) < 4.78 is 0. The van der Waals surface area contributed by atoms with Gasteiger partial charge in [0.2, 0.25) is 0 Å². The molecule has 0 radical (unpaired) electrons. The van der Waals surface area contributed by atoms with Crippen LogP contribution in [0.25, 0.3) is 10.8 Å². The summed E-state index contributed by atoms with van der Waals surface area (Å²) >= 11 is 0. The zero-order valence-corrected chi connectivity index (χ0v) is 13.5. The first-order chi connectivity index (χ1) is 10.2. The summed E-state index contributed by atoms with van der Waals surface area (Å²) in [5, 5.41) is 2.45. The molecular weight excluding hydrogens is 258 g/mol. The molecule has 1 heterocycles. The summed E-state index contributed by atoms with van der Waals surface area (Å²) in [5.74, 6) is 1.80. The average molecular weight is 285 g/mol. The van der Waals surface area contributed by atoms with Crippen molar-refractivity contribution in [2.45, 2.75) is 40.2 Å². The summed E-state index contributed by atoms with van der Waals surface area (Å²) in [5.41, 5.74) is 6.79. The van der Waals surface area contributed by atoms with E-state index < -0.39 is 0 Å². The van der Waals surface area contributed by atoms with Gasteiger partial charge in [0.1, 0.15) is 5.82 Å². The molecule has 0 aliphatic heterocycles. The van der Waals surface area contributed by atoms with E-state index >= 15 is 0 Å². The van der Waals surface area contributed by atoms with E-state index in [-0.39, 0.29) is 0 Å². The quantitative estimate of drug-likeness (QED) is 0.837. The molecule has 0 bridgehead atoms. The molecule has 114 valence electrons. The average Bonchev–Trinajstić information content (AvgIpc) is 2.55. The van der Waals surface area contributed by atoms with Crippen LogP contribution in [-0.4, -0.2) is 18.1 Å². The Labute approximate surface area is 128 Å². The molecule has 0 amide bonds. The molecule has 21 heavy (non-hydrogen) atoms. The van der Waals surface area contributed by atoms with Gasteiger partial charge in [-0.25, -0.2) is 4.98 Å². The first-order valence-electron chi connectivity index (χ1n) is 8.07. The van der Waals surface area contributed by atoms with Gasteiger partial charge in [-0.15, -0.1) is 0 Å². The molecule has 0 saturated carbocycles. The van der Waals surface area contributed by atoms with Crippen molar-refractivity contribution in [2.24, 2.45) is 11.7 Å². The van der Waals surface area contributed by atoms with Crippen molar-refractivity contribution in [3.05, 3.63) is 36.0 Å². The Hall–Kier alpha value is -1.61. The van der Waals surface area contributed by atoms with Gasteiger partial charge in [-0.05, 0) is 24.3 Å². The molecular formula is C18H27N3. The van der Waals surface area contributed by atoms with Crippen molar-refractivity contribution < 1.29 is 0 Å². The lowest BCUT2D eigenvalue weighted by atomic mass is 10.0. The Balaban J connectivity index is 2.46. The van der Waals surface area contributed by atoms with Gasteiger partial charge in [-0.1, -0.05) is 51.0 Å². The number of aromatic nitrogens is 1. The van der Waals surface area contributed by atoms with Crippen molar-refractivity contribution in [1.29, 1.82) is 0 Å². The third kappa shape index (κ3) is 3.53. The van der Waals surface area contributed by atoms with E-state index in [0.29, 0.717) is 12.5 Å². The van der Waals surface area contributed by atoms with E-state index in [4.69, 9.17) is 10.7 Å². The summed E-state index contributed by atoms with van der Waals surface area (Å²) in [6.45, 7) is 9.26. The van der Waals surface area contributed by atoms with Crippen LogP contribution in [0, 0.1) is 5.92 Å². The SMILES string of the molecule is CCC(CC)CN(CC)c1nc(CN)cc2ccccc12. The summed E-state index contributed by atoms with van der Waals surface area (Å²) in [4.78, 5) is 7.22. The number of rotatable bonds is 7. The first kappa shape index (κ1) is 15.8. The predicted molar refractivity (Wildman–Crippen MR) is 91.6 cm³/mol. The monoisotopic (exact) mass is 285 g/mol. The van der Waals surface area contributed by atoms with Crippen molar-refractivity contribution in [3.8, 4) is 0 Å². The third-order valence-electron chi connectivity index (χ3n) is 4.30. The number of benzene rings is 1. The fraction of sp³-hybridized carbons (Fsp3) is 0.500. The van der Waals surface area contributed by atoms with Crippen LogP contribution in [0.15, 0.2) is 30.3 Å². The lowest BCUT2D eigenvalue weighted by Gasteiger charge is -2.28.